The van der Waals surface area contributed by atoms with Crippen LogP contribution >= 0.6 is 28.1 Å². The summed E-state index contributed by atoms with van der Waals surface area (Å²) in [5.41, 5.74) is 9.71. The first-order chi connectivity index (χ1) is 8.56. The fourth-order valence-electron chi connectivity index (χ4n) is 1.65. The molecule has 0 aliphatic heterocycles. The smallest absolute Gasteiger partial charge is 0.103 e. The second-order valence-corrected chi connectivity index (χ2v) is 5.38. The van der Waals surface area contributed by atoms with Crippen LogP contribution in [0.25, 0.3) is 0 Å². The molecule has 92 valence electrons. The molecule has 3 N–H and O–H groups in total. The van der Waals surface area contributed by atoms with Crippen molar-refractivity contribution >= 4 is 44.5 Å². The maximum Gasteiger partial charge on any atom is 0.103 e. The van der Waals surface area contributed by atoms with Gasteiger partial charge >= 0.3 is 0 Å². The number of aryl methyl sites for hydroxylation is 1. The largest absolute Gasteiger partial charge is 0.389 e. The first-order valence-corrected chi connectivity index (χ1v) is 6.69. The van der Waals surface area contributed by atoms with Crippen LogP contribution in [0.4, 0.5) is 11.4 Å². The highest BCUT2D eigenvalue weighted by molar-refractivity contribution is 9.10. The van der Waals surface area contributed by atoms with Crippen molar-refractivity contribution in [2.24, 2.45) is 5.73 Å². The average molecular weight is 321 g/mol. The molecule has 0 unspecified atom stereocenters. The molecule has 0 radical (unpaired) electrons. The Bertz CT molecular complexity index is 579. The monoisotopic (exact) mass is 320 g/mol. The maximum atomic E-state index is 5.61. The van der Waals surface area contributed by atoms with Gasteiger partial charge in [-0.3, -0.25) is 0 Å². The summed E-state index contributed by atoms with van der Waals surface area (Å²) in [6.45, 7) is 2.03. The summed E-state index contributed by atoms with van der Waals surface area (Å²) in [5, 5.41) is 3.36. The number of hydrogen-bond acceptors (Lipinski definition) is 2. The molecule has 0 fully saturated rings. The van der Waals surface area contributed by atoms with Crippen LogP contribution in [0, 0.1) is 6.92 Å². The predicted molar refractivity (Wildman–Crippen MR) is 84.5 cm³/mol. The highest BCUT2D eigenvalue weighted by atomic mass is 79.9. The van der Waals surface area contributed by atoms with E-state index in [1.807, 2.05) is 49.4 Å². The number of anilines is 2. The van der Waals surface area contributed by atoms with Gasteiger partial charge in [0.15, 0.2) is 0 Å². The van der Waals surface area contributed by atoms with Gasteiger partial charge in [0, 0.05) is 21.4 Å². The lowest BCUT2D eigenvalue weighted by Crippen LogP contribution is -2.09. The Morgan fingerprint density at radius 1 is 1.17 bits per heavy atom. The van der Waals surface area contributed by atoms with Crippen LogP contribution in [0.15, 0.2) is 46.9 Å². The van der Waals surface area contributed by atoms with Crippen LogP contribution < -0.4 is 11.1 Å². The van der Waals surface area contributed by atoms with Gasteiger partial charge in [0.1, 0.15) is 4.99 Å². The Labute approximate surface area is 120 Å². The molecule has 0 saturated carbocycles. The van der Waals surface area contributed by atoms with Gasteiger partial charge in [-0.2, -0.15) is 0 Å². The van der Waals surface area contributed by atoms with E-state index in [1.165, 1.54) is 0 Å². The van der Waals surface area contributed by atoms with E-state index in [0.717, 1.165) is 27.0 Å². The Morgan fingerprint density at radius 2 is 1.83 bits per heavy atom. The average Bonchev–Trinajstić information content (AvgIpc) is 2.34. The van der Waals surface area contributed by atoms with Gasteiger partial charge in [0.25, 0.3) is 0 Å². The Morgan fingerprint density at radius 3 is 2.39 bits per heavy atom. The molecule has 2 nitrogen and oxygen atoms in total. The minimum Gasteiger partial charge on any atom is -0.389 e. The molecule has 0 saturated heterocycles. The number of halogens is 1. The number of nitrogens with two attached hydrogens (primary N) is 1. The van der Waals surface area contributed by atoms with Crippen LogP contribution in [0.3, 0.4) is 0 Å². The number of nitrogens with one attached hydrogen (secondary N) is 1. The van der Waals surface area contributed by atoms with Gasteiger partial charge in [-0.25, -0.2) is 0 Å². The van der Waals surface area contributed by atoms with E-state index in [4.69, 9.17) is 18.0 Å². The molecule has 2 rings (SSSR count). The van der Waals surface area contributed by atoms with Crippen molar-refractivity contribution in [1.29, 1.82) is 0 Å². The summed E-state index contributed by atoms with van der Waals surface area (Å²) in [6.07, 6.45) is 0. The first kappa shape index (κ1) is 13.1. The summed E-state index contributed by atoms with van der Waals surface area (Å²) >= 11 is 8.38. The van der Waals surface area contributed by atoms with Crippen LogP contribution in [0.5, 0.6) is 0 Å². The maximum absolute atomic E-state index is 5.61. The number of rotatable bonds is 3. The van der Waals surface area contributed by atoms with E-state index in [2.05, 4.69) is 21.2 Å². The summed E-state index contributed by atoms with van der Waals surface area (Å²) in [4.78, 5) is 0.424. The van der Waals surface area contributed by atoms with Crippen molar-refractivity contribution in [3.8, 4) is 0 Å². The molecule has 0 heterocycles. The molecule has 0 aliphatic rings. The molecule has 18 heavy (non-hydrogen) atoms. The standard InChI is InChI=1S/C14H13BrN2S/c1-9-8-10(14(16)18)2-7-13(9)17-12-5-3-11(15)4-6-12/h2-8,17H,1H3,(H2,16,18). The lowest BCUT2D eigenvalue weighted by molar-refractivity contribution is 1.42. The van der Waals surface area contributed by atoms with E-state index in [0.29, 0.717) is 4.99 Å². The van der Waals surface area contributed by atoms with Gasteiger partial charge in [-0.15, -0.1) is 0 Å². The van der Waals surface area contributed by atoms with Crippen LogP contribution in [0.1, 0.15) is 11.1 Å². The minimum atomic E-state index is 0.424. The topological polar surface area (TPSA) is 38.0 Å². The summed E-state index contributed by atoms with van der Waals surface area (Å²) in [6, 6.07) is 13.9. The lowest BCUT2D eigenvalue weighted by Gasteiger charge is -2.11. The fourth-order valence-corrected chi connectivity index (χ4v) is 2.04. The highest BCUT2D eigenvalue weighted by Gasteiger charge is 2.02. The third-order valence-corrected chi connectivity index (χ3v) is 3.40. The van der Waals surface area contributed by atoms with Crippen molar-refractivity contribution in [3.63, 3.8) is 0 Å². The van der Waals surface area contributed by atoms with E-state index >= 15 is 0 Å². The quantitative estimate of drug-likeness (QED) is 0.835. The Kier molecular flexibility index (Phi) is 3.99. The van der Waals surface area contributed by atoms with Crippen molar-refractivity contribution < 1.29 is 0 Å². The van der Waals surface area contributed by atoms with Gasteiger partial charge in [-0.05, 0) is 55.0 Å². The molecule has 0 aromatic heterocycles. The fraction of sp³-hybridized carbons (Fsp3) is 0.0714. The second-order valence-electron chi connectivity index (χ2n) is 4.03. The molecular weight excluding hydrogens is 308 g/mol. The molecule has 0 aliphatic carbocycles. The lowest BCUT2D eigenvalue weighted by atomic mass is 10.1. The molecule has 0 amide bonds. The molecule has 4 heteroatoms. The molecule has 0 spiro atoms. The number of hydrogen-bond donors (Lipinski definition) is 2. The zero-order valence-electron chi connectivity index (χ0n) is 9.91. The predicted octanol–water partition coefficient (Wildman–Crippen LogP) is 4.14. The van der Waals surface area contributed by atoms with Crippen molar-refractivity contribution in [1.82, 2.24) is 0 Å². The zero-order chi connectivity index (χ0) is 13.1. The summed E-state index contributed by atoms with van der Waals surface area (Å²) in [7, 11) is 0. The van der Waals surface area contributed by atoms with Gasteiger partial charge in [-0.1, -0.05) is 28.1 Å². The normalized spacial score (nSPS) is 10.1. The Balaban J connectivity index is 2.24. The molecule has 2 aromatic carbocycles. The molecular formula is C14H13BrN2S. The molecule has 0 atom stereocenters. The van der Waals surface area contributed by atoms with Crippen molar-refractivity contribution in [3.05, 3.63) is 58.1 Å². The van der Waals surface area contributed by atoms with Crippen molar-refractivity contribution in [2.75, 3.05) is 5.32 Å². The van der Waals surface area contributed by atoms with E-state index in [-0.39, 0.29) is 0 Å². The minimum absolute atomic E-state index is 0.424. The zero-order valence-corrected chi connectivity index (χ0v) is 12.3. The number of thiocarbonyl (C=S) groups is 1. The third kappa shape index (κ3) is 3.09. The second kappa shape index (κ2) is 5.50. The highest BCUT2D eigenvalue weighted by Crippen LogP contribution is 2.23. The van der Waals surface area contributed by atoms with Crippen LogP contribution in [0.2, 0.25) is 0 Å². The first-order valence-electron chi connectivity index (χ1n) is 5.49. The van der Waals surface area contributed by atoms with Gasteiger partial charge in [0.05, 0.1) is 0 Å². The van der Waals surface area contributed by atoms with E-state index in [1.54, 1.807) is 0 Å². The Hall–Kier alpha value is -1.39. The molecule has 0 bridgehead atoms. The summed E-state index contributed by atoms with van der Waals surface area (Å²) < 4.78 is 1.06. The van der Waals surface area contributed by atoms with Gasteiger partial charge in [0.2, 0.25) is 0 Å². The summed E-state index contributed by atoms with van der Waals surface area (Å²) in [5.74, 6) is 0. The SMILES string of the molecule is Cc1cc(C(N)=S)ccc1Nc1ccc(Br)cc1. The number of benzene rings is 2. The third-order valence-electron chi connectivity index (χ3n) is 2.63. The van der Waals surface area contributed by atoms with Crippen LogP contribution in [-0.2, 0) is 0 Å². The van der Waals surface area contributed by atoms with E-state index < -0.39 is 0 Å². The van der Waals surface area contributed by atoms with Crippen molar-refractivity contribution in [2.45, 2.75) is 6.92 Å². The van der Waals surface area contributed by atoms with E-state index in [9.17, 15) is 0 Å². The van der Waals surface area contributed by atoms with Gasteiger partial charge < -0.3 is 11.1 Å². The molecule has 2 aromatic rings. The van der Waals surface area contributed by atoms with Crippen LogP contribution in [-0.4, -0.2) is 4.99 Å².